The first kappa shape index (κ1) is 11.4. The molecule has 1 N–H and O–H groups in total. The van der Waals surface area contributed by atoms with Crippen LogP contribution >= 0.6 is 0 Å². The maximum absolute atomic E-state index is 8.93. The van der Waals surface area contributed by atoms with E-state index in [-0.39, 0.29) is 0 Å². The Bertz CT molecular complexity index is 463. The number of aromatic nitrogens is 2. The summed E-state index contributed by atoms with van der Waals surface area (Å²) < 4.78 is 0. The number of anilines is 1. The highest BCUT2D eigenvalue weighted by Crippen LogP contribution is 2.31. The van der Waals surface area contributed by atoms with Gasteiger partial charge in [-0.3, -0.25) is 0 Å². The second-order valence-corrected chi connectivity index (χ2v) is 5.13. The van der Waals surface area contributed by atoms with Crippen molar-refractivity contribution in [2.24, 2.45) is 5.92 Å². The van der Waals surface area contributed by atoms with E-state index in [1.165, 1.54) is 32.4 Å². The molecule has 18 heavy (non-hydrogen) atoms. The fraction of sp³-hybridized carbons (Fsp3) is 0.615. The first-order valence-corrected chi connectivity index (χ1v) is 6.56. The lowest BCUT2D eigenvalue weighted by molar-refractivity contribution is 0.316. The van der Waals surface area contributed by atoms with E-state index in [0.717, 1.165) is 12.6 Å². The highest BCUT2D eigenvalue weighted by Gasteiger charge is 2.34. The molecule has 1 aliphatic carbocycles. The Hall–Kier alpha value is -1.67. The molecule has 5 nitrogen and oxygen atoms in total. The van der Waals surface area contributed by atoms with E-state index in [9.17, 15) is 0 Å². The fourth-order valence-electron chi connectivity index (χ4n) is 2.59. The third kappa shape index (κ3) is 2.44. The van der Waals surface area contributed by atoms with Crippen molar-refractivity contribution in [2.45, 2.75) is 25.3 Å². The van der Waals surface area contributed by atoms with Crippen LogP contribution in [0.4, 0.5) is 5.82 Å². The highest BCUT2D eigenvalue weighted by atomic mass is 15.2. The fourth-order valence-corrected chi connectivity index (χ4v) is 2.59. The van der Waals surface area contributed by atoms with Gasteiger partial charge in [-0.2, -0.15) is 5.26 Å². The van der Waals surface area contributed by atoms with Gasteiger partial charge in [0.2, 0.25) is 0 Å². The summed E-state index contributed by atoms with van der Waals surface area (Å²) in [6.07, 6.45) is 7.17. The van der Waals surface area contributed by atoms with Crippen molar-refractivity contribution in [2.75, 3.05) is 25.0 Å². The van der Waals surface area contributed by atoms with E-state index in [1.807, 2.05) is 0 Å². The zero-order valence-electron chi connectivity index (χ0n) is 10.3. The summed E-state index contributed by atoms with van der Waals surface area (Å²) in [7, 11) is 0. The predicted octanol–water partition coefficient (Wildman–Crippen LogP) is 1.24. The Balaban J connectivity index is 1.53. The Morgan fingerprint density at radius 3 is 2.94 bits per heavy atom. The quantitative estimate of drug-likeness (QED) is 0.862. The molecule has 1 saturated carbocycles. The smallest absolute Gasteiger partial charge is 0.182 e. The molecule has 1 atom stereocenters. The van der Waals surface area contributed by atoms with Crippen molar-refractivity contribution in [1.29, 1.82) is 5.26 Å². The van der Waals surface area contributed by atoms with Gasteiger partial charge in [-0.1, -0.05) is 0 Å². The lowest BCUT2D eigenvalue weighted by Crippen LogP contribution is -2.25. The van der Waals surface area contributed by atoms with E-state index in [2.05, 4.69) is 26.3 Å². The number of hydrogen-bond acceptors (Lipinski definition) is 5. The highest BCUT2D eigenvalue weighted by molar-refractivity contribution is 5.46. The molecule has 2 fully saturated rings. The van der Waals surface area contributed by atoms with Gasteiger partial charge in [0.25, 0.3) is 0 Å². The summed E-state index contributed by atoms with van der Waals surface area (Å²) in [5.41, 5.74) is 0.384. The summed E-state index contributed by atoms with van der Waals surface area (Å²) in [5, 5.41) is 12.2. The summed E-state index contributed by atoms with van der Waals surface area (Å²) >= 11 is 0. The molecular weight excluding hydrogens is 226 g/mol. The summed E-state index contributed by atoms with van der Waals surface area (Å²) in [6, 6.07) is 2.92. The molecule has 1 saturated heterocycles. The second-order valence-electron chi connectivity index (χ2n) is 5.13. The van der Waals surface area contributed by atoms with Crippen LogP contribution in [0.5, 0.6) is 0 Å². The van der Waals surface area contributed by atoms with Crippen molar-refractivity contribution in [1.82, 2.24) is 14.9 Å². The van der Waals surface area contributed by atoms with E-state index >= 15 is 0 Å². The number of rotatable bonds is 4. The second kappa shape index (κ2) is 4.91. The third-order valence-electron chi connectivity index (χ3n) is 3.74. The number of nitrogens with one attached hydrogen (secondary N) is 1. The standard InChI is InChI=1S/C13H17N5/c14-7-12-13(16-5-4-15-12)17-8-10-3-6-18(9-10)11-1-2-11/h4-5,10-11H,1-3,6,8-9H2,(H,16,17). The molecule has 2 aliphatic rings. The molecule has 2 heterocycles. The van der Waals surface area contributed by atoms with Gasteiger partial charge in [-0.05, 0) is 31.7 Å². The molecule has 0 spiro atoms. The molecule has 3 rings (SSSR count). The Morgan fingerprint density at radius 1 is 1.33 bits per heavy atom. The maximum atomic E-state index is 8.93. The van der Waals surface area contributed by atoms with Gasteiger partial charge < -0.3 is 10.2 Å². The van der Waals surface area contributed by atoms with Crippen molar-refractivity contribution in [3.63, 3.8) is 0 Å². The molecule has 1 aromatic rings. The van der Waals surface area contributed by atoms with Crippen LogP contribution in [-0.4, -0.2) is 40.5 Å². The van der Waals surface area contributed by atoms with E-state index in [4.69, 9.17) is 5.26 Å². The molecule has 0 amide bonds. The molecule has 1 aromatic heterocycles. The minimum Gasteiger partial charge on any atom is -0.367 e. The average Bonchev–Trinajstić information content (AvgIpc) is 3.16. The zero-order chi connectivity index (χ0) is 12.4. The van der Waals surface area contributed by atoms with Crippen LogP contribution in [0.1, 0.15) is 25.0 Å². The normalized spacial score (nSPS) is 23.8. The zero-order valence-corrected chi connectivity index (χ0v) is 10.3. The van der Waals surface area contributed by atoms with Crippen LogP contribution in [-0.2, 0) is 0 Å². The number of hydrogen-bond donors (Lipinski definition) is 1. The Kier molecular flexibility index (Phi) is 3.11. The molecule has 0 radical (unpaired) electrons. The molecule has 0 bridgehead atoms. The van der Waals surface area contributed by atoms with Crippen LogP contribution in [0, 0.1) is 17.2 Å². The molecular formula is C13H17N5. The summed E-state index contributed by atoms with van der Waals surface area (Å²) in [4.78, 5) is 10.8. The third-order valence-corrected chi connectivity index (χ3v) is 3.74. The van der Waals surface area contributed by atoms with Gasteiger partial charge in [0.05, 0.1) is 0 Å². The summed E-state index contributed by atoms with van der Waals surface area (Å²) in [5.74, 6) is 1.28. The maximum Gasteiger partial charge on any atom is 0.182 e. The van der Waals surface area contributed by atoms with Gasteiger partial charge in [0.15, 0.2) is 11.5 Å². The van der Waals surface area contributed by atoms with Crippen LogP contribution in [0.3, 0.4) is 0 Å². The lowest BCUT2D eigenvalue weighted by Gasteiger charge is -2.15. The van der Waals surface area contributed by atoms with Crippen LogP contribution in [0.15, 0.2) is 12.4 Å². The van der Waals surface area contributed by atoms with E-state index in [0.29, 0.717) is 17.4 Å². The Labute approximate surface area is 107 Å². The SMILES string of the molecule is N#Cc1nccnc1NCC1CCN(C2CC2)C1. The molecule has 0 aromatic carbocycles. The number of nitrogens with zero attached hydrogens (tertiary/aromatic N) is 4. The lowest BCUT2D eigenvalue weighted by atomic mass is 10.1. The van der Waals surface area contributed by atoms with Crippen molar-refractivity contribution >= 4 is 5.82 Å². The van der Waals surface area contributed by atoms with Crippen LogP contribution < -0.4 is 5.32 Å². The van der Waals surface area contributed by atoms with Crippen LogP contribution in [0.2, 0.25) is 0 Å². The van der Waals surface area contributed by atoms with Gasteiger partial charge >= 0.3 is 0 Å². The first-order valence-electron chi connectivity index (χ1n) is 6.56. The van der Waals surface area contributed by atoms with Gasteiger partial charge in [0, 0.05) is 31.5 Å². The summed E-state index contributed by atoms with van der Waals surface area (Å²) in [6.45, 7) is 3.29. The van der Waals surface area contributed by atoms with Crippen molar-refractivity contribution in [3.8, 4) is 6.07 Å². The van der Waals surface area contributed by atoms with E-state index < -0.39 is 0 Å². The van der Waals surface area contributed by atoms with Crippen molar-refractivity contribution < 1.29 is 0 Å². The molecule has 94 valence electrons. The largest absolute Gasteiger partial charge is 0.367 e. The minimum absolute atomic E-state index is 0.384. The predicted molar refractivity (Wildman–Crippen MR) is 67.9 cm³/mol. The topological polar surface area (TPSA) is 64.8 Å². The monoisotopic (exact) mass is 243 g/mol. The van der Waals surface area contributed by atoms with E-state index in [1.54, 1.807) is 12.4 Å². The van der Waals surface area contributed by atoms with Gasteiger partial charge in [0.1, 0.15) is 6.07 Å². The van der Waals surface area contributed by atoms with Gasteiger partial charge in [-0.25, -0.2) is 9.97 Å². The average molecular weight is 243 g/mol. The number of nitriles is 1. The first-order chi connectivity index (χ1) is 8.86. The molecule has 5 heteroatoms. The minimum atomic E-state index is 0.384. The molecule has 1 aliphatic heterocycles. The van der Waals surface area contributed by atoms with Crippen molar-refractivity contribution in [3.05, 3.63) is 18.1 Å². The van der Waals surface area contributed by atoms with Gasteiger partial charge in [-0.15, -0.1) is 0 Å². The van der Waals surface area contributed by atoms with Crippen LogP contribution in [0.25, 0.3) is 0 Å². The molecule has 1 unspecified atom stereocenters. The number of likely N-dealkylation sites (tertiary alicyclic amines) is 1. The Morgan fingerprint density at radius 2 is 2.17 bits per heavy atom.